The molecule has 112 valence electrons. The standard InChI is InChI=1S/C17H16ClN3S/c1-21-16(11-13-7-3-2-4-8-13)19-20-17(21)22-12-14-9-5-6-10-15(14)18/h2-10H,11-12H2,1H3. The van der Waals surface area contributed by atoms with Crippen molar-refractivity contribution in [3.63, 3.8) is 0 Å². The highest BCUT2D eigenvalue weighted by Crippen LogP contribution is 2.25. The Bertz CT molecular complexity index is 756. The molecule has 0 spiro atoms. The van der Waals surface area contributed by atoms with E-state index in [0.29, 0.717) is 0 Å². The summed E-state index contributed by atoms with van der Waals surface area (Å²) < 4.78 is 2.05. The summed E-state index contributed by atoms with van der Waals surface area (Å²) in [4.78, 5) is 0. The number of nitrogens with zero attached hydrogens (tertiary/aromatic N) is 3. The van der Waals surface area contributed by atoms with Gasteiger partial charge >= 0.3 is 0 Å². The zero-order valence-corrected chi connectivity index (χ0v) is 13.8. The number of aromatic nitrogens is 3. The van der Waals surface area contributed by atoms with Crippen LogP contribution in [0, 0.1) is 0 Å². The van der Waals surface area contributed by atoms with Crippen LogP contribution < -0.4 is 0 Å². The predicted octanol–water partition coefficient (Wildman–Crippen LogP) is 4.35. The topological polar surface area (TPSA) is 30.7 Å². The molecule has 0 amide bonds. The Hall–Kier alpha value is -1.78. The van der Waals surface area contributed by atoms with Crippen molar-refractivity contribution in [2.45, 2.75) is 17.3 Å². The summed E-state index contributed by atoms with van der Waals surface area (Å²) >= 11 is 7.84. The van der Waals surface area contributed by atoms with Gasteiger partial charge in [-0.15, -0.1) is 10.2 Å². The molecular weight excluding hydrogens is 314 g/mol. The van der Waals surface area contributed by atoms with Crippen LogP contribution in [-0.2, 0) is 19.2 Å². The summed E-state index contributed by atoms with van der Waals surface area (Å²) in [7, 11) is 2.01. The van der Waals surface area contributed by atoms with Crippen molar-refractivity contribution in [3.8, 4) is 0 Å². The number of halogens is 1. The number of rotatable bonds is 5. The fraction of sp³-hybridized carbons (Fsp3) is 0.176. The minimum Gasteiger partial charge on any atom is -0.309 e. The maximum atomic E-state index is 6.19. The van der Waals surface area contributed by atoms with Gasteiger partial charge in [0, 0.05) is 24.2 Å². The number of hydrogen-bond acceptors (Lipinski definition) is 3. The monoisotopic (exact) mass is 329 g/mol. The summed E-state index contributed by atoms with van der Waals surface area (Å²) in [5, 5.41) is 10.3. The minimum atomic E-state index is 0.789. The first-order chi connectivity index (χ1) is 10.7. The van der Waals surface area contributed by atoms with Gasteiger partial charge in [-0.25, -0.2) is 0 Å². The third-order valence-corrected chi connectivity index (χ3v) is 4.88. The molecule has 3 aromatic rings. The van der Waals surface area contributed by atoms with Crippen LogP contribution >= 0.6 is 23.4 Å². The summed E-state index contributed by atoms with van der Waals surface area (Å²) in [5.41, 5.74) is 2.35. The van der Waals surface area contributed by atoms with Gasteiger partial charge in [0.05, 0.1) is 0 Å². The Morgan fingerprint density at radius 2 is 1.73 bits per heavy atom. The van der Waals surface area contributed by atoms with Gasteiger partial charge in [-0.3, -0.25) is 0 Å². The average molecular weight is 330 g/mol. The lowest BCUT2D eigenvalue weighted by Gasteiger charge is -2.05. The first-order valence-electron chi connectivity index (χ1n) is 7.02. The van der Waals surface area contributed by atoms with E-state index in [2.05, 4.69) is 26.9 Å². The Morgan fingerprint density at radius 3 is 2.50 bits per heavy atom. The fourth-order valence-electron chi connectivity index (χ4n) is 2.16. The summed E-state index contributed by atoms with van der Waals surface area (Å²) in [6, 6.07) is 18.2. The van der Waals surface area contributed by atoms with Crippen LogP contribution in [0.2, 0.25) is 5.02 Å². The van der Waals surface area contributed by atoms with E-state index in [1.165, 1.54) is 5.56 Å². The second-order valence-electron chi connectivity index (χ2n) is 5.00. The van der Waals surface area contributed by atoms with Crippen molar-refractivity contribution in [1.82, 2.24) is 14.8 Å². The van der Waals surface area contributed by atoms with Gasteiger partial charge in [-0.05, 0) is 17.2 Å². The predicted molar refractivity (Wildman–Crippen MR) is 91.3 cm³/mol. The Balaban J connectivity index is 1.70. The van der Waals surface area contributed by atoms with E-state index >= 15 is 0 Å². The van der Waals surface area contributed by atoms with Crippen LogP contribution in [-0.4, -0.2) is 14.8 Å². The number of benzene rings is 2. The van der Waals surface area contributed by atoms with E-state index in [1.807, 2.05) is 49.5 Å². The van der Waals surface area contributed by atoms with Gasteiger partial charge in [0.25, 0.3) is 0 Å². The van der Waals surface area contributed by atoms with Crippen LogP contribution in [0.5, 0.6) is 0 Å². The summed E-state index contributed by atoms with van der Waals surface area (Å²) in [5.74, 6) is 1.75. The molecule has 0 aliphatic heterocycles. The Morgan fingerprint density at radius 1 is 1.00 bits per heavy atom. The lowest BCUT2D eigenvalue weighted by atomic mass is 10.1. The van der Waals surface area contributed by atoms with Gasteiger partial charge < -0.3 is 4.57 Å². The van der Waals surface area contributed by atoms with Gasteiger partial charge in [-0.2, -0.15) is 0 Å². The fourth-order valence-corrected chi connectivity index (χ4v) is 3.38. The van der Waals surface area contributed by atoms with Crippen LogP contribution in [0.25, 0.3) is 0 Å². The largest absolute Gasteiger partial charge is 0.309 e. The van der Waals surface area contributed by atoms with Crippen molar-refractivity contribution < 1.29 is 0 Å². The van der Waals surface area contributed by atoms with Gasteiger partial charge in [0.2, 0.25) is 0 Å². The second-order valence-corrected chi connectivity index (χ2v) is 6.35. The molecule has 5 heteroatoms. The zero-order valence-electron chi connectivity index (χ0n) is 12.2. The highest BCUT2D eigenvalue weighted by molar-refractivity contribution is 7.98. The molecule has 0 saturated carbocycles. The second kappa shape index (κ2) is 6.99. The molecule has 3 nitrogen and oxygen atoms in total. The molecule has 1 heterocycles. The smallest absolute Gasteiger partial charge is 0.191 e. The molecule has 0 N–H and O–H groups in total. The normalized spacial score (nSPS) is 10.8. The highest BCUT2D eigenvalue weighted by Gasteiger charge is 2.10. The maximum Gasteiger partial charge on any atom is 0.191 e. The molecule has 0 unspecified atom stereocenters. The van der Waals surface area contributed by atoms with Crippen LogP contribution in [0.4, 0.5) is 0 Å². The molecular formula is C17H16ClN3S. The molecule has 22 heavy (non-hydrogen) atoms. The van der Waals surface area contributed by atoms with E-state index in [0.717, 1.165) is 33.7 Å². The van der Waals surface area contributed by atoms with Crippen LogP contribution in [0.15, 0.2) is 59.8 Å². The van der Waals surface area contributed by atoms with Crippen LogP contribution in [0.1, 0.15) is 17.0 Å². The molecule has 3 rings (SSSR count). The lowest BCUT2D eigenvalue weighted by molar-refractivity contribution is 0.749. The maximum absolute atomic E-state index is 6.19. The molecule has 0 radical (unpaired) electrons. The third kappa shape index (κ3) is 3.51. The van der Waals surface area contributed by atoms with Gasteiger partial charge in [0.15, 0.2) is 5.16 Å². The quantitative estimate of drug-likeness (QED) is 0.652. The Kier molecular flexibility index (Phi) is 4.80. The first kappa shape index (κ1) is 15.1. The Labute approximate surface area is 139 Å². The molecule has 0 aliphatic carbocycles. The van der Waals surface area contributed by atoms with E-state index in [-0.39, 0.29) is 0 Å². The van der Waals surface area contributed by atoms with E-state index in [9.17, 15) is 0 Å². The molecule has 0 saturated heterocycles. The SMILES string of the molecule is Cn1c(Cc2ccccc2)nnc1SCc1ccccc1Cl. The van der Waals surface area contributed by atoms with Crippen molar-refractivity contribution in [2.24, 2.45) is 7.05 Å². The lowest BCUT2D eigenvalue weighted by Crippen LogP contribution is -2.00. The van der Waals surface area contributed by atoms with Crippen molar-refractivity contribution in [1.29, 1.82) is 0 Å². The van der Waals surface area contributed by atoms with E-state index < -0.39 is 0 Å². The number of hydrogen-bond donors (Lipinski definition) is 0. The van der Waals surface area contributed by atoms with Crippen molar-refractivity contribution in [2.75, 3.05) is 0 Å². The molecule has 0 atom stereocenters. The summed E-state index contributed by atoms with van der Waals surface area (Å²) in [6.07, 6.45) is 0.789. The molecule has 0 fully saturated rings. The first-order valence-corrected chi connectivity index (χ1v) is 8.39. The van der Waals surface area contributed by atoms with Crippen LogP contribution in [0.3, 0.4) is 0 Å². The average Bonchev–Trinajstić information content (AvgIpc) is 2.88. The summed E-state index contributed by atoms with van der Waals surface area (Å²) in [6.45, 7) is 0. The van der Waals surface area contributed by atoms with E-state index in [1.54, 1.807) is 11.8 Å². The molecule has 2 aromatic carbocycles. The van der Waals surface area contributed by atoms with Crippen molar-refractivity contribution >= 4 is 23.4 Å². The van der Waals surface area contributed by atoms with E-state index in [4.69, 9.17) is 11.6 Å². The molecule has 0 bridgehead atoms. The van der Waals surface area contributed by atoms with Crippen molar-refractivity contribution in [3.05, 3.63) is 76.6 Å². The van der Waals surface area contributed by atoms with Gasteiger partial charge in [0.1, 0.15) is 5.82 Å². The van der Waals surface area contributed by atoms with Gasteiger partial charge in [-0.1, -0.05) is 71.9 Å². The highest BCUT2D eigenvalue weighted by atomic mass is 35.5. The molecule has 0 aliphatic rings. The zero-order chi connectivity index (χ0) is 15.4. The minimum absolute atomic E-state index is 0.789. The number of thioether (sulfide) groups is 1. The third-order valence-electron chi connectivity index (χ3n) is 3.44. The molecule has 1 aromatic heterocycles.